The van der Waals surface area contributed by atoms with Crippen LogP contribution in [0.5, 0.6) is 5.19 Å². The molecule has 0 aliphatic carbocycles. The second kappa shape index (κ2) is 5.29. The Morgan fingerprint density at radius 2 is 2.36 bits per heavy atom. The van der Waals surface area contributed by atoms with E-state index in [9.17, 15) is 0 Å². The third kappa shape index (κ3) is 3.25. The van der Waals surface area contributed by atoms with Gasteiger partial charge in [0, 0.05) is 18.0 Å². The summed E-state index contributed by atoms with van der Waals surface area (Å²) in [7, 11) is 1.62. The zero-order valence-corrected chi connectivity index (χ0v) is 9.52. The minimum atomic E-state index is -0.315. The Balaban J connectivity index is 2.45. The molecule has 0 fully saturated rings. The fourth-order valence-electron chi connectivity index (χ4n) is 1.05. The summed E-state index contributed by atoms with van der Waals surface area (Å²) >= 11 is 1.53. The van der Waals surface area contributed by atoms with E-state index in [1.54, 1.807) is 14.0 Å². The van der Waals surface area contributed by atoms with Gasteiger partial charge in [0.15, 0.2) is 0 Å². The Bertz CT molecular complexity index is 286. The van der Waals surface area contributed by atoms with E-state index in [1.807, 2.05) is 6.92 Å². The molecule has 5 heteroatoms. The minimum absolute atomic E-state index is 0.315. The highest BCUT2D eigenvalue weighted by Gasteiger charge is 2.07. The molecule has 0 saturated heterocycles. The lowest BCUT2D eigenvalue weighted by Gasteiger charge is -2.04. The fraction of sp³-hybridized carbons (Fsp3) is 0.667. The van der Waals surface area contributed by atoms with Crippen molar-refractivity contribution in [3.8, 4) is 5.19 Å². The maximum Gasteiger partial charge on any atom is 0.273 e. The van der Waals surface area contributed by atoms with Crippen molar-refractivity contribution in [2.24, 2.45) is 0 Å². The van der Waals surface area contributed by atoms with Gasteiger partial charge in [-0.05, 0) is 13.8 Å². The Morgan fingerprint density at radius 3 is 2.86 bits per heavy atom. The Kier molecular flexibility index (Phi) is 4.31. The normalized spacial score (nSPS) is 12.9. The third-order valence-corrected chi connectivity index (χ3v) is 2.89. The zero-order chi connectivity index (χ0) is 10.6. The molecule has 1 unspecified atom stereocenters. The summed E-state index contributed by atoms with van der Waals surface area (Å²) in [5.41, 5.74) is 0.991. The van der Waals surface area contributed by atoms with Gasteiger partial charge < -0.3 is 15.2 Å². The number of aliphatic hydroxyl groups excluding tert-OH is 1. The van der Waals surface area contributed by atoms with Crippen LogP contribution in [0.1, 0.15) is 17.5 Å². The number of rotatable bonds is 5. The average Bonchev–Trinajstić information content (AvgIpc) is 2.47. The third-order valence-electron chi connectivity index (χ3n) is 1.77. The molecule has 14 heavy (non-hydrogen) atoms. The van der Waals surface area contributed by atoms with Crippen LogP contribution in [-0.4, -0.2) is 29.8 Å². The van der Waals surface area contributed by atoms with E-state index in [1.165, 1.54) is 11.3 Å². The van der Waals surface area contributed by atoms with Gasteiger partial charge in [-0.15, -0.1) is 0 Å². The highest BCUT2D eigenvalue weighted by atomic mass is 32.1. The predicted molar refractivity (Wildman–Crippen MR) is 56.8 cm³/mol. The number of thiazole rings is 1. The number of hydrogen-bond acceptors (Lipinski definition) is 5. The van der Waals surface area contributed by atoms with Crippen molar-refractivity contribution in [1.82, 2.24) is 10.3 Å². The lowest BCUT2D eigenvalue weighted by Crippen LogP contribution is -2.23. The van der Waals surface area contributed by atoms with E-state index in [4.69, 9.17) is 9.84 Å². The largest absolute Gasteiger partial charge is 0.473 e. The Hall–Kier alpha value is -0.650. The summed E-state index contributed by atoms with van der Waals surface area (Å²) in [6.45, 7) is 5.04. The molecule has 0 radical (unpaired) electrons. The summed E-state index contributed by atoms with van der Waals surface area (Å²) in [5, 5.41) is 12.9. The molecule has 0 saturated carbocycles. The molecule has 4 nitrogen and oxygen atoms in total. The van der Waals surface area contributed by atoms with E-state index in [2.05, 4.69) is 10.3 Å². The highest BCUT2D eigenvalue weighted by molar-refractivity contribution is 7.13. The van der Waals surface area contributed by atoms with Crippen LogP contribution in [0.25, 0.3) is 0 Å². The molecule has 0 aromatic carbocycles. The number of nitrogens with zero attached hydrogens (tertiary/aromatic N) is 1. The van der Waals surface area contributed by atoms with Gasteiger partial charge in [0.25, 0.3) is 5.19 Å². The van der Waals surface area contributed by atoms with Crippen LogP contribution in [-0.2, 0) is 6.54 Å². The number of aliphatic hydroxyl groups is 1. The van der Waals surface area contributed by atoms with Crippen LogP contribution in [0.3, 0.4) is 0 Å². The average molecular weight is 216 g/mol. The number of ether oxygens (including phenoxy) is 1. The van der Waals surface area contributed by atoms with Gasteiger partial charge in [-0.25, -0.2) is 4.98 Å². The summed E-state index contributed by atoms with van der Waals surface area (Å²) in [6.07, 6.45) is -0.315. The zero-order valence-electron chi connectivity index (χ0n) is 8.70. The molecule has 0 amide bonds. The predicted octanol–water partition coefficient (Wildman–Crippen LogP) is 0.931. The first-order chi connectivity index (χ1) is 6.63. The lowest BCUT2D eigenvalue weighted by atomic mass is 10.3. The molecule has 0 aliphatic heterocycles. The first kappa shape index (κ1) is 11.4. The highest BCUT2D eigenvalue weighted by Crippen LogP contribution is 2.23. The Labute approximate surface area is 87.9 Å². The van der Waals surface area contributed by atoms with Crippen LogP contribution in [0.15, 0.2) is 0 Å². The SMILES string of the molecule is COc1nc(C)c(CNCC(C)O)s1. The van der Waals surface area contributed by atoms with Crippen molar-refractivity contribution in [1.29, 1.82) is 0 Å². The van der Waals surface area contributed by atoms with Crippen molar-refractivity contribution >= 4 is 11.3 Å². The summed E-state index contributed by atoms with van der Waals surface area (Å²) in [5.74, 6) is 0. The van der Waals surface area contributed by atoms with Crippen LogP contribution in [0.4, 0.5) is 0 Å². The van der Waals surface area contributed by atoms with Crippen molar-refractivity contribution in [3.05, 3.63) is 10.6 Å². The molecule has 80 valence electrons. The van der Waals surface area contributed by atoms with E-state index in [0.717, 1.165) is 17.1 Å². The molecule has 1 rings (SSSR count). The standard InChI is InChI=1S/C9H16N2O2S/c1-6(12)4-10-5-8-7(2)11-9(13-3)14-8/h6,10,12H,4-5H2,1-3H3. The van der Waals surface area contributed by atoms with E-state index in [-0.39, 0.29) is 6.10 Å². The summed E-state index contributed by atoms with van der Waals surface area (Å²) in [6, 6.07) is 0. The molecule has 0 spiro atoms. The van der Waals surface area contributed by atoms with Crippen LogP contribution in [0.2, 0.25) is 0 Å². The summed E-state index contributed by atoms with van der Waals surface area (Å²) < 4.78 is 5.03. The van der Waals surface area contributed by atoms with E-state index in [0.29, 0.717) is 11.7 Å². The van der Waals surface area contributed by atoms with Crippen molar-refractivity contribution in [3.63, 3.8) is 0 Å². The van der Waals surface area contributed by atoms with E-state index < -0.39 is 0 Å². The topological polar surface area (TPSA) is 54.4 Å². The van der Waals surface area contributed by atoms with Gasteiger partial charge in [-0.2, -0.15) is 0 Å². The summed E-state index contributed by atoms with van der Waals surface area (Å²) in [4.78, 5) is 5.38. The number of nitrogens with one attached hydrogen (secondary N) is 1. The number of hydrogen-bond donors (Lipinski definition) is 2. The monoisotopic (exact) mass is 216 g/mol. The quantitative estimate of drug-likeness (QED) is 0.769. The van der Waals surface area contributed by atoms with Crippen LogP contribution < -0.4 is 10.1 Å². The first-order valence-electron chi connectivity index (χ1n) is 4.52. The molecule has 0 bridgehead atoms. The van der Waals surface area contributed by atoms with Gasteiger partial charge in [0.05, 0.1) is 18.9 Å². The number of methoxy groups -OCH3 is 1. The molecule has 1 heterocycles. The van der Waals surface area contributed by atoms with Crippen molar-refractivity contribution in [2.45, 2.75) is 26.5 Å². The van der Waals surface area contributed by atoms with Gasteiger partial charge in [-0.3, -0.25) is 0 Å². The van der Waals surface area contributed by atoms with Crippen LogP contribution >= 0.6 is 11.3 Å². The molecular weight excluding hydrogens is 200 g/mol. The molecule has 2 N–H and O–H groups in total. The maximum absolute atomic E-state index is 9.05. The molecule has 1 aromatic rings. The van der Waals surface area contributed by atoms with Crippen molar-refractivity contribution < 1.29 is 9.84 Å². The minimum Gasteiger partial charge on any atom is -0.473 e. The smallest absolute Gasteiger partial charge is 0.273 e. The lowest BCUT2D eigenvalue weighted by molar-refractivity contribution is 0.191. The number of aromatic nitrogens is 1. The Morgan fingerprint density at radius 1 is 1.64 bits per heavy atom. The molecule has 0 aliphatic rings. The van der Waals surface area contributed by atoms with Gasteiger partial charge in [0.2, 0.25) is 0 Å². The van der Waals surface area contributed by atoms with Gasteiger partial charge in [-0.1, -0.05) is 11.3 Å². The molecular formula is C9H16N2O2S. The maximum atomic E-state index is 9.05. The second-order valence-electron chi connectivity index (χ2n) is 3.17. The fourth-order valence-corrected chi connectivity index (χ4v) is 1.89. The van der Waals surface area contributed by atoms with Crippen LogP contribution in [0, 0.1) is 6.92 Å². The van der Waals surface area contributed by atoms with E-state index >= 15 is 0 Å². The number of aryl methyl sites for hydroxylation is 1. The van der Waals surface area contributed by atoms with Crippen molar-refractivity contribution in [2.75, 3.05) is 13.7 Å². The molecule has 1 aromatic heterocycles. The first-order valence-corrected chi connectivity index (χ1v) is 5.34. The van der Waals surface area contributed by atoms with Gasteiger partial charge in [0.1, 0.15) is 0 Å². The second-order valence-corrected chi connectivity index (χ2v) is 4.22. The molecule has 1 atom stereocenters. The van der Waals surface area contributed by atoms with Gasteiger partial charge >= 0.3 is 0 Å².